The molecular weight excluding hydrogens is 172 g/mol. The average molecular weight is 182 g/mol. The fourth-order valence-electron chi connectivity index (χ4n) is 1.13. The molecule has 0 saturated carbocycles. The average Bonchev–Trinajstić information content (AvgIpc) is 2.49. The molecule has 0 unspecified atom stereocenters. The highest BCUT2D eigenvalue weighted by molar-refractivity contribution is 5.85. The minimum absolute atomic E-state index is 0.171. The molecule has 5 nitrogen and oxygen atoms in total. The van der Waals surface area contributed by atoms with Gasteiger partial charge in [-0.1, -0.05) is 0 Å². The molecule has 0 spiro atoms. The van der Waals surface area contributed by atoms with Crippen molar-refractivity contribution in [3.05, 3.63) is 17.8 Å². The molecule has 0 aliphatic carbocycles. The maximum Gasteiger partial charge on any atom is 0.375 e. The van der Waals surface area contributed by atoms with Gasteiger partial charge in [0.25, 0.3) is 0 Å². The molecule has 13 heavy (non-hydrogen) atoms. The summed E-state index contributed by atoms with van der Waals surface area (Å²) in [6.45, 7) is 1.72. The number of rotatable bonds is 2. The summed E-state index contributed by atoms with van der Waals surface area (Å²) >= 11 is 0. The van der Waals surface area contributed by atoms with Gasteiger partial charge in [0.1, 0.15) is 0 Å². The number of ether oxygens (including phenoxy) is 1. The maximum atomic E-state index is 11.0. The molecule has 1 aliphatic rings. The summed E-state index contributed by atoms with van der Waals surface area (Å²) < 4.78 is 9.71. The molecule has 2 heterocycles. The Morgan fingerprint density at radius 3 is 3.08 bits per heavy atom. The van der Waals surface area contributed by atoms with Gasteiger partial charge in [-0.05, 0) is 0 Å². The van der Waals surface area contributed by atoms with Crippen molar-refractivity contribution in [2.75, 3.05) is 20.2 Å². The Kier molecular flexibility index (Phi) is 2.02. The van der Waals surface area contributed by atoms with Crippen LogP contribution in [0.3, 0.4) is 0 Å². The van der Waals surface area contributed by atoms with Crippen LogP contribution in [0.2, 0.25) is 0 Å². The lowest BCUT2D eigenvalue weighted by Crippen LogP contribution is -2.40. The normalized spacial score (nSPS) is 16.7. The number of aromatic nitrogens is 1. The van der Waals surface area contributed by atoms with Gasteiger partial charge in [0.05, 0.1) is 19.2 Å². The summed E-state index contributed by atoms with van der Waals surface area (Å²) in [6, 6.07) is 0. The highest BCUT2D eigenvalue weighted by atomic mass is 16.5. The van der Waals surface area contributed by atoms with Gasteiger partial charge in [0.2, 0.25) is 11.7 Å². The van der Waals surface area contributed by atoms with E-state index in [4.69, 9.17) is 4.42 Å². The number of esters is 1. The zero-order valence-electron chi connectivity index (χ0n) is 7.24. The van der Waals surface area contributed by atoms with Gasteiger partial charge in [-0.25, -0.2) is 9.78 Å². The Morgan fingerprint density at radius 2 is 2.54 bits per heavy atom. The molecule has 0 amide bonds. The number of hydrogen-bond donors (Lipinski definition) is 1. The van der Waals surface area contributed by atoms with Crippen LogP contribution in [0.1, 0.15) is 22.4 Å². The van der Waals surface area contributed by atoms with Gasteiger partial charge in [-0.2, -0.15) is 0 Å². The molecule has 1 aromatic rings. The smallest absolute Gasteiger partial charge is 0.375 e. The predicted octanol–water partition coefficient (Wildman–Crippen LogP) is 0.148. The van der Waals surface area contributed by atoms with E-state index in [1.54, 1.807) is 0 Å². The Hall–Kier alpha value is -1.36. The third kappa shape index (κ3) is 1.42. The first-order valence-corrected chi connectivity index (χ1v) is 4.06. The minimum Gasteiger partial charge on any atom is -0.463 e. The van der Waals surface area contributed by atoms with Crippen LogP contribution in [0, 0.1) is 0 Å². The number of carbonyl (C=O) groups is 1. The van der Waals surface area contributed by atoms with Gasteiger partial charge in [0, 0.05) is 13.1 Å². The molecular formula is C8H10N2O3. The van der Waals surface area contributed by atoms with E-state index in [9.17, 15) is 4.79 Å². The summed E-state index contributed by atoms with van der Waals surface area (Å²) in [7, 11) is 1.31. The van der Waals surface area contributed by atoms with Crippen molar-refractivity contribution in [3.8, 4) is 0 Å². The minimum atomic E-state index is -0.481. The second-order valence-electron chi connectivity index (χ2n) is 2.91. The van der Waals surface area contributed by atoms with Crippen molar-refractivity contribution in [2.45, 2.75) is 5.92 Å². The molecule has 1 aromatic heterocycles. The number of oxazole rings is 1. The standard InChI is InChI=1S/C8H10N2O3/c1-12-8(11)6-4-10-7(13-6)5-2-9-3-5/h4-5,9H,2-3H2,1H3. The Balaban J connectivity index is 2.12. The molecule has 2 rings (SSSR count). The molecule has 0 atom stereocenters. The van der Waals surface area contributed by atoms with Crippen LogP contribution in [0.4, 0.5) is 0 Å². The van der Waals surface area contributed by atoms with Crippen molar-refractivity contribution < 1.29 is 13.9 Å². The second kappa shape index (κ2) is 3.18. The summed E-state index contributed by atoms with van der Waals surface area (Å²) in [5.74, 6) is 0.605. The number of methoxy groups -OCH3 is 1. The first-order valence-electron chi connectivity index (χ1n) is 4.06. The summed E-state index contributed by atoms with van der Waals surface area (Å²) in [6.07, 6.45) is 1.40. The third-order valence-electron chi connectivity index (χ3n) is 2.04. The molecule has 0 radical (unpaired) electrons. The summed E-state index contributed by atoms with van der Waals surface area (Å²) in [5, 5.41) is 3.10. The van der Waals surface area contributed by atoms with Crippen LogP contribution < -0.4 is 5.32 Å². The topological polar surface area (TPSA) is 64.4 Å². The number of hydrogen-bond acceptors (Lipinski definition) is 5. The highest BCUT2D eigenvalue weighted by Crippen LogP contribution is 2.19. The first kappa shape index (κ1) is 8.25. The fourth-order valence-corrected chi connectivity index (χ4v) is 1.13. The van der Waals surface area contributed by atoms with E-state index >= 15 is 0 Å². The third-order valence-corrected chi connectivity index (χ3v) is 2.04. The van der Waals surface area contributed by atoms with E-state index in [1.165, 1.54) is 13.3 Å². The summed E-state index contributed by atoms with van der Waals surface area (Å²) in [4.78, 5) is 15.0. The zero-order valence-corrected chi connectivity index (χ0v) is 7.24. The van der Waals surface area contributed by atoms with Crippen LogP contribution in [0.15, 0.2) is 10.6 Å². The first-order chi connectivity index (χ1) is 6.31. The monoisotopic (exact) mass is 182 g/mol. The van der Waals surface area contributed by atoms with E-state index in [-0.39, 0.29) is 5.76 Å². The van der Waals surface area contributed by atoms with Crippen molar-refractivity contribution in [1.82, 2.24) is 10.3 Å². The molecule has 0 bridgehead atoms. The lowest BCUT2D eigenvalue weighted by Gasteiger charge is -2.23. The van der Waals surface area contributed by atoms with E-state index in [2.05, 4.69) is 15.0 Å². The largest absolute Gasteiger partial charge is 0.463 e. The van der Waals surface area contributed by atoms with Gasteiger partial charge in [-0.3, -0.25) is 0 Å². The van der Waals surface area contributed by atoms with Crippen LogP contribution in [-0.4, -0.2) is 31.2 Å². The van der Waals surface area contributed by atoms with Crippen molar-refractivity contribution >= 4 is 5.97 Å². The lowest BCUT2D eigenvalue weighted by molar-refractivity contribution is 0.0561. The van der Waals surface area contributed by atoms with E-state index in [0.717, 1.165) is 13.1 Å². The Morgan fingerprint density at radius 1 is 1.77 bits per heavy atom. The molecule has 5 heteroatoms. The SMILES string of the molecule is COC(=O)c1cnc(C2CNC2)o1. The van der Waals surface area contributed by atoms with Crippen LogP contribution >= 0.6 is 0 Å². The van der Waals surface area contributed by atoms with Crippen LogP contribution in [-0.2, 0) is 4.74 Å². The van der Waals surface area contributed by atoms with Crippen LogP contribution in [0.5, 0.6) is 0 Å². The highest BCUT2D eigenvalue weighted by Gasteiger charge is 2.25. The number of nitrogens with zero attached hydrogens (tertiary/aromatic N) is 1. The Bertz CT molecular complexity index is 317. The predicted molar refractivity (Wildman–Crippen MR) is 43.5 cm³/mol. The van der Waals surface area contributed by atoms with Crippen molar-refractivity contribution in [3.63, 3.8) is 0 Å². The van der Waals surface area contributed by atoms with E-state index < -0.39 is 5.97 Å². The van der Waals surface area contributed by atoms with E-state index in [0.29, 0.717) is 11.8 Å². The molecule has 1 saturated heterocycles. The van der Waals surface area contributed by atoms with Gasteiger partial charge in [-0.15, -0.1) is 0 Å². The molecule has 0 aromatic carbocycles. The number of carbonyl (C=O) groups excluding carboxylic acids is 1. The number of nitrogens with one attached hydrogen (secondary N) is 1. The quantitative estimate of drug-likeness (QED) is 0.659. The maximum absolute atomic E-state index is 11.0. The van der Waals surface area contributed by atoms with Crippen LogP contribution in [0.25, 0.3) is 0 Å². The fraction of sp³-hybridized carbons (Fsp3) is 0.500. The molecule has 1 N–H and O–H groups in total. The second-order valence-corrected chi connectivity index (χ2v) is 2.91. The van der Waals surface area contributed by atoms with Crippen molar-refractivity contribution in [1.29, 1.82) is 0 Å². The van der Waals surface area contributed by atoms with Gasteiger partial charge >= 0.3 is 5.97 Å². The summed E-state index contributed by atoms with van der Waals surface area (Å²) in [5.41, 5.74) is 0. The zero-order chi connectivity index (χ0) is 9.26. The van der Waals surface area contributed by atoms with Gasteiger partial charge < -0.3 is 14.5 Å². The van der Waals surface area contributed by atoms with E-state index in [1.807, 2.05) is 0 Å². The van der Waals surface area contributed by atoms with Gasteiger partial charge in [0.15, 0.2) is 0 Å². The molecule has 1 aliphatic heterocycles. The van der Waals surface area contributed by atoms with Crippen molar-refractivity contribution in [2.24, 2.45) is 0 Å². The lowest BCUT2D eigenvalue weighted by atomic mass is 10.0. The molecule has 70 valence electrons. The molecule has 1 fully saturated rings. The Labute approximate surface area is 75.1 Å².